The first-order valence-corrected chi connectivity index (χ1v) is 8.11. The van der Waals surface area contributed by atoms with Crippen molar-refractivity contribution in [2.24, 2.45) is 23.2 Å². The second-order valence-electron chi connectivity index (χ2n) is 7.61. The van der Waals surface area contributed by atoms with Gasteiger partial charge in [0.1, 0.15) is 0 Å². The largest absolute Gasteiger partial charge is 0.390 e. The van der Waals surface area contributed by atoms with Gasteiger partial charge in [0.25, 0.3) is 0 Å². The summed E-state index contributed by atoms with van der Waals surface area (Å²) in [5, 5.41) is 10.7. The molecule has 1 aliphatic heterocycles. The van der Waals surface area contributed by atoms with E-state index in [1.165, 1.54) is 38.5 Å². The summed E-state index contributed by atoms with van der Waals surface area (Å²) in [4.78, 5) is 0. The zero-order valence-corrected chi connectivity index (χ0v) is 11.7. The lowest BCUT2D eigenvalue weighted by molar-refractivity contribution is -0.146. The standard InChI is InChI=1S/C16H26O3/c17-15(10-19-14-1-2-18-9-14)16-6-11-3-12(7-16)5-13(4-11)8-16/h11-15,17H,1-10H2. The molecular weight excluding hydrogens is 240 g/mol. The van der Waals surface area contributed by atoms with Gasteiger partial charge >= 0.3 is 0 Å². The molecule has 1 N–H and O–H groups in total. The highest BCUT2D eigenvalue weighted by molar-refractivity contribution is 5.04. The molecule has 108 valence electrons. The van der Waals surface area contributed by atoms with Crippen LogP contribution in [0.15, 0.2) is 0 Å². The van der Waals surface area contributed by atoms with E-state index in [0.29, 0.717) is 13.2 Å². The Kier molecular flexibility index (Phi) is 3.13. The maximum Gasteiger partial charge on any atom is 0.0831 e. The molecule has 4 saturated carbocycles. The molecule has 19 heavy (non-hydrogen) atoms. The van der Waals surface area contributed by atoms with Crippen molar-refractivity contribution in [1.29, 1.82) is 0 Å². The van der Waals surface area contributed by atoms with Crippen LogP contribution in [0.3, 0.4) is 0 Å². The molecule has 2 unspecified atom stereocenters. The average Bonchev–Trinajstić information content (AvgIpc) is 2.87. The quantitative estimate of drug-likeness (QED) is 0.849. The third-order valence-electron chi connectivity index (χ3n) is 6.17. The normalized spacial score (nSPS) is 49.7. The molecule has 1 heterocycles. The molecule has 5 rings (SSSR count). The fourth-order valence-electron chi connectivity index (χ4n) is 5.63. The number of aliphatic hydroxyl groups excluding tert-OH is 1. The van der Waals surface area contributed by atoms with Crippen molar-refractivity contribution in [2.45, 2.75) is 57.2 Å². The lowest BCUT2D eigenvalue weighted by atomic mass is 9.48. The van der Waals surface area contributed by atoms with Crippen LogP contribution >= 0.6 is 0 Å². The Bertz CT molecular complexity index is 300. The zero-order valence-electron chi connectivity index (χ0n) is 11.7. The predicted molar refractivity (Wildman–Crippen MR) is 71.8 cm³/mol. The summed E-state index contributed by atoms with van der Waals surface area (Å²) in [6.45, 7) is 2.06. The van der Waals surface area contributed by atoms with Gasteiger partial charge in [0.05, 0.1) is 25.4 Å². The van der Waals surface area contributed by atoms with Crippen LogP contribution in [0.4, 0.5) is 0 Å². The van der Waals surface area contributed by atoms with Crippen molar-refractivity contribution >= 4 is 0 Å². The number of aliphatic hydroxyl groups is 1. The van der Waals surface area contributed by atoms with E-state index in [4.69, 9.17) is 9.47 Å². The van der Waals surface area contributed by atoms with Gasteiger partial charge in [-0.25, -0.2) is 0 Å². The second-order valence-corrected chi connectivity index (χ2v) is 7.61. The molecule has 4 aliphatic carbocycles. The molecule has 5 aliphatic rings. The minimum atomic E-state index is -0.249. The maximum absolute atomic E-state index is 10.7. The first-order chi connectivity index (χ1) is 9.23. The Labute approximate surface area is 115 Å². The summed E-state index contributed by atoms with van der Waals surface area (Å²) in [5.41, 5.74) is 0.203. The lowest BCUT2D eigenvalue weighted by Gasteiger charge is -2.58. The molecule has 4 bridgehead atoms. The van der Waals surface area contributed by atoms with Gasteiger partial charge in [-0.2, -0.15) is 0 Å². The van der Waals surface area contributed by atoms with Gasteiger partial charge in [-0.1, -0.05) is 0 Å². The Morgan fingerprint density at radius 1 is 1.11 bits per heavy atom. The van der Waals surface area contributed by atoms with Crippen molar-refractivity contribution in [3.8, 4) is 0 Å². The van der Waals surface area contributed by atoms with E-state index in [-0.39, 0.29) is 17.6 Å². The third-order valence-corrected chi connectivity index (χ3v) is 6.17. The highest BCUT2D eigenvalue weighted by atomic mass is 16.5. The smallest absolute Gasteiger partial charge is 0.0831 e. The third kappa shape index (κ3) is 2.24. The van der Waals surface area contributed by atoms with Crippen molar-refractivity contribution in [3.63, 3.8) is 0 Å². The van der Waals surface area contributed by atoms with E-state index in [2.05, 4.69) is 0 Å². The van der Waals surface area contributed by atoms with E-state index in [9.17, 15) is 5.11 Å². The Balaban J connectivity index is 1.40. The van der Waals surface area contributed by atoms with Gasteiger partial charge < -0.3 is 14.6 Å². The monoisotopic (exact) mass is 266 g/mol. The van der Waals surface area contributed by atoms with Gasteiger partial charge in [0.15, 0.2) is 0 Å². The Morgan fingerprint density at radius 2 is 1.74 bits per heavy atom. The Hall–Kier alpha value is -0.120. The fourth-order valence-corrected chi connectivity index (χ4v) is 5.63. The van der Waals surface area contributed by atoms with Crippen LogP contribution in [0.5, 0.6) is 0 Å². The summed E-state index contributed by atoms with van der Waals surface area (Å²) in [5.74, 6) is 2.70. The van der Waals surface area contributed by atoms with Crippen molar-refractivity contribution in [1.82, 2.24) is 0 Å². The minimum Gasteiger partial charge on any atom is -0.390 e. The lowest BCUT2D eigenvalue weighted by Crippen LogP contribution is -2.53. The molecular formula is C16H26O3. The van der Waals surface area contributed by atoms with Crippen molar-refractivity contribution in [3.05, 3.63) is 0 Å². The summed E-state index contributed by atoms with van der Waals surface area (Å²) in [6.07, 6.45) is 9.04. The molecule has 0 aromatic rings. The summed E-state index contributed by atoms with van der Waals surface area (Å²) in [7, 11) is 0. The van der Waals surface area contributed by atoms with Crippen LogP contribution in [-0.2, 0) is 9.47 Å². The maximum atomic E-state index is 10.7. The number of hydrogen-bond acceptors (Lipinski definition) is 3. The first-order valence-electron chi connectivity index (χ1n) is 8.11. The van der Waals surface area contributed by atoms with E-state index >= 15 is 0 Å². The number of hydrogen-bond donors (Lipinski definition) is 1. The first kappa shape index (κ1) is 12.6. The van der Waals surface area contributed by atoms with Gasteiger partial charge in [-0.05, 0) is 68.1 Å². The van der Waals surface area contributed by atoms with Crippen LogP contribution in [-0.4, -0.2) is 37.1 Å². The Morgan fingerprint density at radius 3 is 2.26 bits per heavy atom. The van der Waals surface area contributed by atoms with Gasteiger partial charge in [0, 0.05) is 6.61 Å². The summed E-state index contributed by atoms with van der Waals surface area (Å²) < 4.78 is 11.2. The van der Waals surface area contributed by atoms with Gasteiger partial charge in [-0.3, -0.25) is 0 Å². The topological polar surface area (TPSA) is 38.7 Å². The van der Waals surface area contributed by atoms with E-state index in [1.54, 1.807) is 0 Å². The summed E-state index contributed by atoms with van der Waals surface area (Å²) in [6, 6.07) is 0. The van der Waals surface area contributed by atoms with Gasteiger partial charge in [0.2, 0.25) is 0 Å². The molecule has 0 radical (unpaired) electrons. The zero-order chi connectivity index (χ0) is 12.9. The molecule has 5 fully saturated rings. The van der Waals surface area contributed by atoms with Crippen LogP contribution in [0.2, 0.25) is 0 Å². The van der Waals surface area contributed by atoms with E-state index in [0.717, 1.165) is 30.8 Å². The minimum absolute atomic E-state index is 0.203. The van der Waals surface area contributed by atoms with E-state index in [1.807, 2.05) is 0 Å². The number of rotatable bonds is 4. The van der Waals surface area contributed by atoms with Crippen molar-refractivity contribution in [2.75, 3.05) is 19.8 Å². The molecule has 0 amide bonds. The summed E-state index contributed by atoms with van der Waals surface area (Å²) >= 11 is 0. The fraction of sp³-hybridized carbons (Fsp3) is 1.00. The van der Waals surface area contributed by atoms with Crippen LogP contribution < -0.4 is 0 Å². The highest BCUT2D eigenvalue weighted by Gasteiger charge is 2.54. The average molecular weight is 266 g/mol. The van der Waals surface area contributed by atoms with Crippen LogP contribution in [0, 0.1) is 23.2 Å². The van der Waals surface area contributed by atoms with E-state index < -0.39 is 0 Å². The SMILES string of the molecule is OC(COC1CCOC1)C12CC3CC(CC(C3)C1)C2. The molecule has 3 heteroatoms. The van der Waals surface area contributed by atoms with Gasteiger partial charge in [-0.15, -0.1) is 0 Å². The van der Waals surface area contributed by atoms with Crippen LogP contribution in [0.1, 0.15) is 44.9 Å². The second kappa shape index (κ2) is 4.71. The molecule has 0 aromatic heterocycles. The highest BCUT2D eigenvalue weighted by Crippen LogP contribution is 2.61. The molecule has 3 nitrogen and oxygen atoms in total. The predicted octanol–water partition coefficient (Wildman–Crippen LogP) is 2.37. The molecule has 2 atom stereocenters. The van der Waals surface area contributed by atoms with Crippen molar-refractivity contribution < 1.29 is 14.6 Å². The van der Waals surface area contributed by atoms with Crippen LogP contribution in [0.25, 0.3) is 0 Å². The molecule has 0 aromatic carbocycles. The molecule has 1 saturated heterocycles. The number of ether oxygens (including phenoxy) is 2. The molecule has 0 spiro atoms.